The Morgan fingerprint density at radius 2 is 0.574 bits per heavy atom. The van der Waals surface area contributed by atoms with Crippen LogP contribution in [0.2, 0.25) is 0 Å². The first-order valence-corrected chi connectivity index (χ1v) is 38.3. The Morgan fingerprint density at radius 3 is 1.01 bits per heavy atom. The monoisotopic (exact) mass is 1390 g/mol. The van der Waals surface area contributed by atoms with Crippen molar-refractivity contribution in [3.8, 4) is 90.1 Å². The molecule has 520 valence electrons. The van der Waals surface area contributed by atoms with Gasteiger partial charge in [-0.25, -0.2) is 0 Å². The molecule has 0 amide bonds. The highest BCUT2D eigenvalue weighted by Crippen LogP contribution is 2.53. The lowest BCUT2D eigenvalue weighted by molar-refractivity contribution is 0.465. The van der Waals surface area contributed by atoms with Crippen molar-refractivity contribution in [3.63, 3.8) is 0 Å². The van der Waals surface area contributed by atoms with E-state index in [1.165, 1.54) is 133 Å². The highest BCUT2D eigenvalue weighted by molar-refractivity contribution is 7.04. The van der Waals surface area contributed by atoms with Crippen LogP contribution in [0.15, 0.2) is 218 Å². The summed E-state index contributed by atoms with van der Waals surface area (Å²) in [6.07, 6.45) is 0. The van der Waals surface area contributed by atoms with Gasteiger partial charge in [-0.1, -0.05) is 186 Å². The smallest absolute Gasteiger partial charge is 0.260 e. The van der Waals surface area contributed by atoms with Crippen molar-refractivity contribution in [3.05, 3.63) is 302 Å². The second-order valence-electron chi connectivity index (χ2n) is 32.2. The molecule has 9 heteroatoms. The average Bonchev–Trinajstić information content (AvgIpc) is 0.680. The van der Waals surface area contributed by atoms with E-state index < -0.39 is 0 Å². The molecule has 0 saturated carbocycles. The Bertz CT molecular complexity index is 5890. The van der Waals surface area contributed by atoms with Crippen molar-refractivity contribution in [1.82, 2.24) is 0 Å². The third-order valence-corrected chi connectivity index (χ3v) is 24.2. The minimum absolute atomic E-state index is 0.201. The van der Waals surface area contributed by atoms with Gasteiger partial charge in [-0.05, 0) is 313 Å². The van der Waals surface area contributed by atoms with E-state index in [4.69, 9.17) is 14.2 Å². The van der Waals surface area contributed by atoms with E-state index in [0.29, 0.717) is 0 Å². The Kier molecular flexibility index (Phi) is 14.6. The fourth-order valence-electron chi connectivity index (χ4n) is 20.6. The summed E-state index contributed by atoms with van der Waals surface area (Å²) < 4.78 is 22.6. The Balaban J connectivity index is 0.905. The number of ether oxygens (including phenoxy) is 3. The van der Waals surface area contributed by atoms with E-state index in [9.17, 15) is 0 Å². The summed E-state index contributed by atoms with van der Waals surface area (Å²) in [5.74, 6) is 5.03. The second-order valence-corrected chi connectivity index (χ2v) is 32.2. The molecule has 1 N–H and O–H groups in total. The summed E-state index contributed by atoms with van der Waals surface area (Å²) in [5.41, 5.74) is 49.4. The minimum Gasteiger partial charge on any atom is -0.458 e. The predicted octanol–water partition coefficient (Wildman–Crippen LogP) is 20.1. The molecule has 6 nitrogen and oxygen atoms in total. The number of benzene rings is 14. The molecule has 108 heavy (non-hydrogen) atoms. The number of nitrogens with one attached hydrogen (secondary N) is 1. The number of anilines is 8. The number of nitrogens with zero attached hydrogens (tertiary/aromatic N) is 2. The van der Waals surface area contributed by atoms with Gasteiger partial charge in [0.1, 0.15) is 34.5 Å². The molecule has 6 aliphatic heterocycles. The number of hydrogen-bond donors (Lipinski definition) is 1. The molecule has 6 aliphatic rings. The van der Waals surface area contributed by atoms with E-state index in [1.54, 1.807) is 0 Å². The summed E-state index contributed by atoms with van der Waals surface area (Å²) in [7, 11) is 0. The van der Waals surface area contributed by atoms with Crippen molar-refractivity contribution < 1.29 is 14.2 Å². The van der Waals surface area contributed by atoms with Crippen molar-refractivity contribution in [2.45, 2.75) is 104 Å². The first-order chi connectivity index (χ1) is 52.2. The maximum absolute atomic E-state index is 7.78. The number of rotatable bonds is 7. The Morgan fingerprint density at radius 1 is 0.231 bits per heavy atom. The highest BCUT2D eigenvalue weighted by atomic mass is 16.5. The normalized spacial score (nSPS) is 13.3. The van der Waals surface area contributed by atoms with Crippen molar-refractivity contribution in [1.29, 1.82) is 0 Å². The largest absolute Gasteiger partial charge is 0.458 e. The first kappa shape index (κ1) is 65.6. The van der Waals surface area contributed by atoms with Gasteiger partial charge in [0.05, 0.1) is 11.4 Å². The fraction of sp³-hybridized carbons (Fsp3) is 0.152. The second kappa shape index (κ2) is 24.0. The van der Waals surface area contributed by atoms with Gasteiger partial charge in [0, 0.05) is 45.7 Å². The maximum atomic E-state index is 7.78. The van der Waals surface area contributed by atoms with Crippen molar-refractivity contribution in [2.75, 3.05) is 15.1 Å². The summed E-state index contributed by atoms with van der Waals surface area (Å²) in [6, 6.07) is 83.3. The van der Waals surface area contributed by atoms with E-state index >= 15 is 0 Å². The topological polar surface area (TPSA) is 46.2 Å². The lowest BCUT2D eigenvalue weighted by atomic mass is 9.29. The van der Waals surface area contributed by atoms with Crippen LogP contribution in [0.3, 0.4) is 0 Å². The summed E-state index contributed by atoms with van der Waals surface area (Å²) >= 11 is 0. The molecule has 0 bridgehead atoms. The molecular formula is C99H82B3N3O3. The number of hydrogen-bond acceptors (Lipinski definition) is 6. The lowest BCUT2D eigenvalue weighted by Gasteiger charge is -2.47. The van der Waals surface area contributed by atoms with Gasteiger partial charge in [0.25, 0.3) is 20.1 Å². The molecule has 0 unspecified atom stereocenters. The van der Waals surface area contributed by atoms with Gasteiger partial charge in [-0.2, -0.15) is 0 Å². The lowest BCUT2D eigenvalue weighted by Crippen LogP contribution is -2.65. The van der Waals surface area contributed by atoms with Crippen LogP contribution in [0, 0.1) is 104 Å². The molecule has 6 heterocycles. The van der Waals surface area contributed by atoms with Crippen molar-refractivity contribution in [2.24, 2.45) is 0 Å². The van der Waals surface area contributed by atoms with Crippen LogP contribution in [0.1, 0.15) is 83.5 Å². The molecule has 0 aromatic heterocycles. The van der Waals surface area contributed by atoms with E-state index in [0.717, 1.165) is 135 Å². The fourth-order valence-corrected chi connectivity index (χ4v) is 20.6. The predicted molar refractivity (Wildman–Crippen MR) is 457 cm³/mol. The molecule has 14 aromatic rings. The van der Waals surface area contributed by atoms with Gasteiger partial charge in [0.2, 0.25) is 0 Å². The molecule has 0 saturated heterocycles. The van der Waals surface area contributed by atoms with Crippen LogP contribution in [0.25, 0.3) is 55.6 Å². The van der Waals surface area contributed by atoms with Crippen LogP contribution in [0.4, 0.5) is 45.5 Å². The van der Waals surface area contributed by atoms with E-state index in [-0.39, 0.29) is 20.1 Å². The van der Waals surface area contributed by atoms with Crippen LogP contribution in [-0.4, -0.2) is 20.1 Å². The van der Waals surface area contributed by atoms with Crippen LogP contribution in [0.5, 0.6) is 34.5 Å². The average molecular weight is 1390 g/mol. The standard InChI is InChI=1S/C99H82B3N3O3/c1-52-30-57(6)92(58(7)31-52)71-40-81-95-89(45-71)106-86-43-69(67-22-18-16-19-23-67)26-28-74(86)100(95)76-48-77-82(50-80(76)103-81)104(98-63(12)36-55(4)37-64(98)13)84-41-72(93-59(8)32-53(2)33-60(93)9)42-85-96(84)102(77)78-49-79-88(51-83(78)105(85)99-65(14)38-56(5)39-66(99)15)108-91-47-73(94-61(10)34-54(3)35-62(94)11)46-90-97(91)101(79)75-29-27-70(44-87(75)107-90)68-24-20-17-21-25-68/h16-51,103H,1-15H3. The van der Waals surface area contributed by atoms with E-state index in [2.05, 4.69) is 337 Å². The Labute approximate surface area is 635 Å². The van der Waals surface area contributed by atoms with Gasteiger partial charge >= 0.3 is 0 Å². The third-order valence-electron chi connectivity index (χ3n) is 24.2. The molecule has 20 rings (SSSR count). The third kappa shape index (κ3) is 9.96. The van der Waals surface area contributed by atoms with Crippen molar-refractivity contribution >= 4 is 115 Å². The molecule has 14 aromatic carbocycles. The molecule has 0 atom stereocenters. The van der Waals surface area contributed by atoms with Gasteiger partial charge in [-0.3, -0.25) is 0 Å². The molecule has 0 aliphatic carbocycles. The number of aryl methyl sites for hydroxylation is 15. The minimum atomic E-state index is -0.305. The maximum Gasteiger partial charge on any atom is 0.260 e. The molecule has 0 fully saturated rings. The van der Waals surface area contributed by atoms with Crippen LogP contribution >= 0.6 is 0 Å². The van der Waals surface area contributed by atoms with Gasteiger partial charge in [0.15, 0.2) is 0 Å². The van der Waals surface area contributed by atoms with Gasteiger partial charge in [-0.15, -0.1) is 0 Å². The summed E-state index contributed by atoms with van der Waals surface area (Å²) in [4.78, 5) is 5.32. The SMILES string of the molecule is Cc1cc(C)c(-c2cc3c4c(c2)Oc2cc(-c5ccccc5)ccc2B4c2cc4c(cc2N3)N(c2c(C)cc(C)cc2C)c2cc(-c3c(C)cc(C)cc3C)cc3c2B4c2cc4c(cc2N3c2c(C)cc(C)cc2C)Oc2cc(-c3c(C)cc(C)cc3C)cc3c2B4c2ccc(-c4ccccc4)cc2O3)c(C)c1. The summed E-state index contributed by atoms with van der Waals surface area (Å²) in [5, 5.41) is 4.25. The molecule has 0 radical (unpaired) electrons. The highest BCUT2D eigenvalue weighted by Gasteiger charge is 2.50. The number of fused-ring (bicyclic) bond motifs is 12. The van der Waals surface area contributed by atoms with Crippen LogP contribution < -0.4 is 78.5 Å². The Hall–Kier alpha value is -11.9. The summed E-state index contributed by atoms with van der Waals surface area (Å²) in [6.45, 7) is 33.1. The van der Waals surface area contributed by atoms with E-state index in [1.807, 2.05) is 0 Å². The van der Waals surface area contributed by atoms with Gasteiger partial charge < -0.3 is 29.3 Å². The zero-order valence-electron chi connectivity index (χ0n) is 64.1. The quantitative estimate of drug-likeness (QED) is 0.161. The molecule has 0 spiro atoms. The zero-order chi connectivity index (χ0) is 73.9. The first-order valence-electron chi connectivity index (χ1n) is 38.3. The zero-order valence-corrected chi connectivity index (χ0v) is 64.1. The molecular weight excluding hydrogens is 1310 g/mol. The van der Waals surface area contributed by atoms with Crippen LogP contribution in [-0.2, 0) is 0 Å².